The van der Waals surface area contributed by atoms with E-state index in [0.29, 0.717) is 21.5 Å². The highest BCUT2D eigenvalue weighted by atomic mass is 127. The molecule has 0 saturated heterocycles. The number of hydrogen-bond acceptors (Lipinski definition) is 4. The summed E-state index contributed by atoms with van der Waals surface area (Å²) in [6.45, 7) is 2.20. The number of benzene rings is 1. The molecule has 20 heavy (non-hydrogen) atoms. The van der Waals surface area contributed by atoms with Crippen molar-refractivity contribution in [2.75, 3.05) is 0 Å². The SMILES string of the molecule is Cc1ncc(I)c(=O)n1Cc1ccc(C(=O)NN)cc1. The summed E-state index contributed by atoms with van der Waals surface area (Å²) in [6.07, 6.45) is 1.56. The smallest absolute Gasteiger partial charge is 0.267 e. The molecule has 2 aromatic rings. The molecule has 0 aliphatic heterocycles. The van der Waals surface area contributed by atoms with Crippen LogP contribution >= 0.6 is 22.6 Å². The minimum atomic E-state index is -0.346. The number of halogens is 1. The van der Waals surface area contributed by atoms with Gasteiger partial charge in [0.1, 0.15) is 5.82 Å². The Kier molecular flexibility index (Phi) is 4.50. The van der Waals surface area contributed by atoms with Gasteiger partial charge in [-0.3, -0.25) is 19.6 Å². The van der Waals surface area contributed by atoms with Crippen molar-refractivity contribution in [3.05, 3.63) is 61.3 Å². The van der Waals surface area contributed by atoms with Crippen LogP contribution in [-0.2, 0) is 6.54 Å². The van der Waals surface area contributed by atoms with Crippen LogP contribution in [0, 0.1) is 10.5 Å². The fraction of sp³-hybridized carbons (Fsp3) is 0.154. The number of carbonyl (C=O) groups excluding carboxylic acids is 1. The van der Waals surface area contributed by atoms with E-state index in [-0.39, 0.29) is 11.5 Å². The largest absolute Gasteiger partial charge is 0.292 e. The second kappa shape index (κ2) is 6.14. The van der Waals surface area contributed by atoms with E-state index < -0.39 is 0 Å². The van der Waals surface area contributed by atoms with Crippen molar-refractivity contribution in [2.45, 2.75) is 13.5 Å². The predicted octanol–water partition coefficient (Wildman–Crippen LogP) is 0.808. The molecule has 1 aromatic heterocycles. The second-order valence-corrected chi connectivity index (χ2v) is 5.38. The van der Waals surface area contributed by atoms with E-state index in [0.717, 1.165) is 5.56 Å². The van der Waals surface area contributed by atoms with Gasteiger partial charge in [-0.2, -0.15) is 0 Å². The highest BCUT2D eigenvalue weighted by Gasteiger charge is 2.07. The maximum Gasteiger partial charge on any atom is 0.267 e. The Morgan fingerprint density at radius 2 is 2.05 bits per heavy atom. The lowest BCUT2D eigenvalue weighted by atomic mass is 10.1. The molecule has 3 N–H and O–H groups in total. The summed E-state index contributed by atoms with van der Waals surface area (Å²) in [5, 5.41) is 0. The van der Waals surface area contributed by atoms with Crippen LogP contribution in [0.1, 0.15) is 21.7 Å². The van der Waals surface area contributed by atoms with Crippen LogP contribution in [-0.4, -0.2) is 15.5 Å². The normalized spacial score (nSPS) is 10.3. The Morgan fingerprint density at radius 3 is 2.65 bits per heavy atom. The van der Waals surface area contributed by atoms with E-state index in [1.807, 2.05) is 22.6 Å². The second-order valence-electron chi connectivity index (χ2n) is 4.22. The third-order valence-electron chi connectivity index (χ3n) is 2.89. The minimum Gasteiger partial charge on any atom is -0.292 e. The maximum atomic E-state index is 12.1. The summed E-state index contributed by atoms with van der Waals surface area (Å²) < 4.78 is 2.17. The van der Waals surface area contributed by atoms with Crippen molar-refractivity contribution >= 4 is 28.5 Å². The number of aryl methyl sites for hydroxylation is 1. The molecule has 0 unspecified atom stereocenters. The predicted molar refractivity (Wildman–Crippen MR) is 83.1 cm³/mol. The van der Waals surface area contributed by atoms with Crippen molar-refractivity contribution in [3.8, 4) is 0 Å². The number of nitrogen functional groups attached to an aromatic ring is 1. The molecular weight excluding hydrogens is 371 g/mol. The number of carbonyl (C=O) groups is 1. The zero-order valence-electron chi connectivity index (χ0n) is 10.8. The molecule has 0 bridgehead atoms. The maximum absolute atomic E-state index is 12.1. The third kappa shape index (κ3) is 3.05. The van der Waals surface area contributed by atoms with Gasteiger partial charge in [-0.25, -0.2) is 10.8 Å². The Balaban J connectivity index is 2.29. The first-order chi connectivity index (χ1) is 9.52. The zero-order chi connectivity index (χ0) is 14.7. The van der Waals surface area contributed by atoms with Crippen molar-refractivity contribution in [2.24, 2.45) is 5.84 Å². The Morgan fingerprint density at radius 1 is 1.40 bits per heavy atom. The lowest BCUT2D eigenvalue weighted by Gasteiger charge is -2.10. The molecule has 0 spiro atoms. The summed E-state index contributed by atoms with van der Waals surface area (Å²) in [5.41, 5.74) is 3.39. The molecule has 7 heteroatoms. The molecule has 1 heterocycles. The first-order valence-electron chi connectivity index (χ1n) is 5.84. The van der Waals surface area contributed by atoms with Gasteiger partial charge >= 0.3 is 0 Å². The quantitative estimate of drug-likeness (QED) is 0.355. The Bertz CT molecular complexity index is 695. The van der Waals surface area contributed by atoms with E-state index in [9.17, 15) is 9.59 Å². The van der Waals surface area contributed by atoms with Crippen LogP contribution in [0.4, 0.5) is 0 Å². The Hall–Kier alpha value is -1.74. The fourth-order valence-electron chi connectivity index (χ4n) is 1.76. The van der Waals surface area contributed by atoms with Crippen LogP contribution in [0.15, 0.2) is 35.3 Å². The van der Waals surface area contributed by atoms with E-state index in [2.05, 4.69) is 10.4 Å². The average Bonchev–Trinajstić information content (AvgIpc) is 2.47. The van der Waals surface area contributed by atoms with Gasteiger partial charge in [0.15, 0.2) is 0 Å². The third-order valence-corrected chi connectivity index (χ3v) is 3.63. The van der Waals surface area contributed by atoms with Gasteiger partial charge in [0.2, 0.25) is 0 Å². The van der Waals surface area contributed by atoms with Gasteiger partial charge in [0, 0.05) is 11.8 Å². The standard InChI is InChI=1S/C13H13IN4O2/c1-8-16-6-11(14)13(20)18(8)7-9-2-4-10(5-3-9)12(19)17-15/h2-6H,7,15H2,1H3,(H,17,19). The molecular formula is C13H13IN4O2. The lowest BCUT2D eigenvalue weighted by Crippen LogP contribution is -2.30. The van der Waals surface area contributed by atoms with Crippen molar-refractivity contribution in [1.82, 2.24) is 15.0 Å². The van der Waals surface area contributed by atoms with Crippen molar-refractivity contribution < 1.29 is 4.79 Å². The van der Waals surface area contributed by atoms with Crippen LogP contribution in [0.2, 0.25) is 0 Å². The number of rotatable bonds is 3. The molecule has 104 valence electrons. The molecule has 1 amide bonds. The molecule has 0 atom stereocenters. The Labute approximate surface area is 129 Å². The first kappa shape index (κ1) is 14.7. The van der Waals surface area contributed by atoms with Crippen LogP contribution in [0.3, 0.4) is 0 Å². The summed E-state index contributed by atoms with van der Waals surface area (Å²) in [4.78, 5) is 27.6. The summed E-state index contributed by atoms with van der Waals surface area (Å²) >= 11 is 1.97. The monoisotopic (exact) mass is 384 g/mol. The van der Waals surface area contributed by atoms with E-state index in [1.165, 1.54) is 0 Å². The topological polar surface area (TPSA) is 90.0 Å². The number of nitrogens with two attached hydrogens (primary N) is 1. The molecule has 0 aliphatic rings. The zero-order valence-corrected chi connectivity index (χ0v) is 12.9. The van der Waals surface area contributed by atoms with Crippen molar-refractivity contribution in [1.29, 1.82) is 0 Å². The molecule has 0 radical (unpaired) electrons. The molecule has 0 aliphatic carbocycles. The highest BCUT2D eigenvalue weighted by molar-refractivity contribution is 14.1. The molecule has 1 aromatic carbocycles. The summed E-state index contributed by atoms with van der Waals surface area (Å²) in [7, 11) is 0. The minimum absolute atomic E-state index is 0.0677. The van der Waals surface area contributed by atoms with Crippen molar-refractivity contribution in [3.63, 3.8) is 0 Å². The van der Waals surface area contributed by atoms with Crippen LogP contribution in [0.25, 0.3) is 0 Å². The number of aromatic nitrogens is 2. The average molecular weight is 384 g/mol. The van der Waals surface area contributed by atoms with E-state index in [1.54, 1.807) is 42.0 Å². The molecule has 2 rings (SSSR count). The lowest BCUT2D eigenvalue weighted by molar-refractivity contribution is 0.0953. The number of amides is 1. The van der Waals surface area contributed by atoms with E-state index in [4.69, 9.17) is 5.84 Å². The summed E-state index contributed by atoms with van der Waals surface area (Å²) in [6, 6.07) is 6.91. The molecule has 6 nitrogen and oxygen atoms in total. The van der Waals surface area contributed by atoms with Gasteiger partial charge in [-0.1, -0.05) is 12.1 Å². The van der Waals surface area contributed by atoms with E-state index >= 15 is 0 Å². The highest BCUT2D eigenvalue weighted by Crippen LogP contribution is 2.07. The van der Waals surface area contributed by atoms with Gasteiger partial charge in [-0.05, 0) is 47.2 Å². The van der Waals surface area contributed by atoms with Gasteiger partial charge in [0.25, 0.3) is 11.5 Å². The fourth-order valence-corrected chi connectivity index (χ4v) is 2.19. The number of nitrogens with zero attached hydrogens (tertiary/aromatic N) is 2. The molecule has 0 saturated carbocycles. The van der Waals surface area contributed by atoms with Gasteiger partial charge in [-0.15, -0.1) is 0 Å². The van der Waals surface area contributed by atoms with Crippen LogP contribution < -0.4 is 16.8 Å². The number of hydrogen-bond donors (Lipinski definition) is 2. The molecule has 0 fully saturated rings. The summed E-state index contributed by atoms with van der Waals surface area (Å²) in [5.74, 6) is 5.37. The number of nitrogens with one attached hydrogen (secondary N) is 1. The van der Waals surface area contributed by atoms with Gasteiger partial charge < -0.3 is 0 Å². The van der Waals surface area contributed by atoms with Crippen LogP contribution in [0.5, 0.6) is 0 Å². The van der Waals surface area contributed by atoms with Gasteiger partial charge in [0.05, 0.1) is 10.1 Å². The number of hydrazine groups is 1. The first-order valence-corrected chi connectivity index (χ1v) is 6.92.